The number of aromatic amines is 1. The minimum absolute atomic E-state index is 0. The number of ether oxygens (including phenoxy) is 1. The highest BCUT2D eigenvalue weighted by Gasteiger charge is 2.19. The number of aromatic hydroxyl groups is 1. The smallest absolute Gasteiger partial charge is 0.255 e. The second-order valence-corrected chi connectivity index (χ2v) is 8.03. The lowest BCUT2D eigenvalue weighted by Crippen LogP contribution is -2.39. The predicted octanol–water partition coefficient (Wildman–Crippen LogP) is 4.91. The van der Waals surface area contributed by atoms with E-state index in [0.29, 0.717) is 24.3 Å². The van der Waals surface area contributed by atoms with E-state index in [2.05, 4.69) is 10.3 Å². The standard InChI is InChI=1S/C27H28N2O4.H2/c1-2-12-33-26-11-10-19(18-6-5-7-22(31)14-18)15-24(26)27(32)29-21(17-30)13-20-16-28-25-9-4-3-8-23(20)25;/h3-11,14-16,21,28,30-31H,2,12-13,17H2,1H3,(H,29,32);1H/t21-;/m0./s1. The summed E-state index contributed by atoms with van der Waals surface area (Å²) in [6.07, 6.45) is 3.22. The molecule has 33 heavy (non-hydrogen) atoms. The molecular weight excluding hydrogens is 416 g/mol. The number of hydrogen-bond donors (Lipinski definition) is 4. The van der Waals surface area contributed by atoms with Gasteiger partial charge in [-0.15, -0.1) is 0 Å². The van der Waals surface area contributed by atoms with Gasteiger partial charge in [0.05, 0.1) is 24.8 Å². The van der Waals surface area contributed by atoms with Gasteiger partial charge in [0.15, 0.2) is 0 Å². The molecule has 0 saturated carbocycles. The van der Waals surface area contributed by atoms with Crippen molar-refractivity contribution < 1.29 is 21.2 Å². The fraction of sp³-hybridized carbons (Fsp3) is 0.222. The summed E-state index contributed by atoms with van der Waals surface area (Å²) in [5.41, 5.74) is 4.02. The molecule has 0 spiro atoms. The van der Waals surface area contributed by atoms with Crippen LogP contribution >= 0.6 is 0 Å². The number of benzene rings is 3. The lowest BCUT2D eigenvalue weighted by atomic mass is 10.0. The number of hydrogen-bond acceptors (Lipinski definition) is 4. The van der Waals surface area contributed by atoms with E-state index in [0.717, 1.165) is 34.0 Å². The number of nitrogens with one attached hydrogen (secondary N) is 2. The minimum atomic E-state index is -0.458. The topological polar surface area (TPSA) is 94.6 Å². The molecule has 0 aliphatic carbocycles. The lowest BCUT2D eigenvalue weighted by Gasteiger charge is -2.18. The zero-order valence-electron chi connectivity index (χ0n) is 18.5. The summed E-state index contributed by atoms with van der Waals surface area (Å²) in [5.74, 6) is 0.327. The highest BCUT2D eigenvalue weighted by Crippen LogP contribution is 2.29. The van der Waals surface area contributed by atoms with Crippen LogP contribution in [-0.2, 0) is 6.42 Å². The molecule has 0 fully saturated rings. The van der Waals surface area contributed by atoms with Crippen LogP contribution in [0.2, 0.25) is 0 Å². The number of amides is 1. The van der Waals surface area contributed by atoms with Gasteiger partial charge in [0, 0.05) is 18.5 Å². The Labute approximate surface area is 194 Å². The van der Waals surface area contributed by atoms with Crippen molar-refractivity contribution in [3.8, 4) is 22.6 Å². The molecule has 0 bridgehead atoms. The third-order valence-electron chi connectivity index (χ3n) is 5.56. The first kappa shape index (κ1) is 22.4. The molecule has 6 heteroatoms. The lowest BCUT2D eigenvalue weighted by molar-refractivity contribution is 0.0912. The normalized spacial score (nSPS) is 11.9. The van der Waals surface area contributed by atoms with Gasteiger partial charge in [0.1, 0.15) is 11.5 Å². The maximum atomic E-state index is 13.3. The number of phenolic OH excluding ortho intramolecular Hbond substituents is 1. The summed E-state index contributed by atoms with van der Waals surface area (Å²) >= 11 is 0. The van der Waals surface area contributed by atoms with Crippen LogP contribution < -0.4 is 10.1 Å². The zero-order chi connectivity index (χ0) is 23.2. The van der Waals surface area contributed by atoms with E-state index in [1.54, 1.807) is 30.3 Å². The Balaban J connectivity index is 0.00000324. The first-order valence-electron chi connectivity index (χ1n) is 11.1. The molecule has 0 aliphatic rings. The number of para-hydroxylation sites is 1. The first-order chi connectivity index (χ1) is 16.1. The summed E-state index contributed by atoms with van der Waals surface area (Å²) in [4.78, 5) is 16.5. The van der Waals surface area contributed by atoms with Gasteiger partial charge in [-0.2, -0.15) is 0 Å². The number of aliphatic hydroxyl groups is 1. The quantitative estimate of drug-likeness (QED) is 0.294. The Morgan fingerprint density at radius 2 is 1.91 bits per heavy atom. The molecule has 1 heterocycles. The van der Waals surface area contributed by atoms with Crippen molar-refractivity contribution in [3.63, 3.8) is 0 Å². The number of carbonyl (C=O) groups is 1. The highest BCUT2D eigenvalue weighted by molar-refractivity contribution is 5.98. The van der Waals surface area contributed by atoms with Gasteiger partial charge in [-0.3, -0.25) is 4.79 Å². The number of aromatic nitrogens is 1. The molecule has 0 aliphatic heterocycles. The van der Waals surface area contributed by atoms with E-state index in [4.69, 9.17) is 4.74 Å². The molecule has 1 atom stereocenters. The molecule has 0 unspecified atom stereocenters. The summed E-state index contributed by atoms with van der Waals surface area (Å²) < 4.78 is 5.82. The fourth-order valence-electron chi connectivity index (χ4n) is 3.90. The number of H-pyrrole nitrogens is 1. The van der Waals surface area contributed by atoms with Gasteiger partial charge in [-0.1, -0.05) is 43.3 Å². The molecule has 4 N–H and O–H groups in total. The molecule has 0 saturated heterocycles. The Morgan fingerprint density at radius 1 is 1.09 bits per heavy atom. The first-order valence-corrected chi connectivity index (χ1v) is 11.1. The van der Waals surface area contributed by atoms with E-state index in [1.165, 1.54) is 0 Å². The van der Waals surface area contributed by atoms with E-state index in [-0.39, 0.29) is 19.7 Å². The maximum Gasteiger partial charge on any atom is 0.255 e. The van der Waals surface area contributed by atoms with Crippen molar-refractivity contribution in [2.75, 3.05) is 13.2 Å². The van der Waals surface area contributed by atoms with Crippen molar-refractivity contribution in [2.24, 2.45) is 0 Å². The Morgan fingerprint density at radius 3 is 2.70 bits per heavy atom. The minimum Gasteiger partial charge on any atom is -0.508 e. The number of rotatable bonds is 9. The summed E-state index contributed by atoms with van der Waals surface area (Å²) in [6.45, 7) is 2.30. The highest BCUT2D eigenvalue weighted by atomic mass is 16.5. The number of fused-ring (bicyclic) bond motifs is 1. The molecule has 6 nitrogen and oxygen atoms in total. The van der Waals surface area contributed by atoms with Crippen molar-refractivity contribution in [1.29, 1.82) is 0 Å². The third kappa shape index (κ3) is 5.18. The van der Waals surface area contributed by atoms with Crippen LogP contribution in [0, 0.1) is 0 Å². The average molecular weight is 447 g/mol. The van der Waals surface area contributed by atoms with Gasteiger partial charge in [-0.25, -0.2) is 0 Å². The SMILES string of the molecule is CCCOc1ccc(-c2cccc(O)c2)cc1C(=O)N[C@H](CO)Cc1c[nH]c2ccccc12.[HH]. The molecule has 172 valence electrons. The third-order valence-corrected chi connectivity index (χ3v) is 5.56. The van der Waals surface area contributed by atoms with Crippen molar-refractivity contribution >= 4 is 16.8 Å². The van der Waals surface area contributed by atoms with E-state index in [1.807, 2.05) is 49.5 Å². The number of aliphatic hydroxyl groups excluding tert-OH is 1. The average Bonchev–Trinajstić information content (AvgIpc) is 3.25. The number of carbonyl (C=O) groups excluding carboxylic acids is 1. The maximum absolute atomic E-state index is 13.3. The molecular formula is C27H30N2O4. The second-order valence-electron chi connectivity index (χ2n) is 8.03. The van der Waals surface area contributed by atoms with E-state index in [9.17, 15) is 15.0 Å². The van der Waals surface area contributed by atoms with Gasteiger partial charge in [0.25, 0.3) is 5.91 Å². The van der Waals surface area contributed by atoms with Crippen LogP contribution in [0.4, 0.5) is 0 Å². The summed E-state index contributed by atoms with van der Waals surface area (Å²) in [5, 5.41) is 23.9. The Bertz CT molecular complexity index is 1250. The largest absolute Gasteiger partial charge is 0.508 e. The van der Waals surface area contributed by atoms with Crippen LogP contribution in [-0.4, -0.2) is 40.4 Å². The van der Waals surface area contributed by atoms with Gasteiger partial charge < -0.3 is 25.3 Å². The fourth-order valence-corrected chi connectivity index (χ4v) is 3.90. The van der Waals surface area contributed by atoms with Crippen molar-refractivity contribution in [3.05, 3.63) is 84.1 Å². The van der Waals surface area contributed by atoms with E-state index >= 15 is 0 Å². The van der Waals surface area contributed by atoms with Crippen LogP contribution in [0.3, 0.4) is 0 Å². The van der Waals surface area contributed by atoms with Gasteiger partial charge >= 0.3 is 0 Å². The van der Waals surface area contributed by atoms with Crippen LogP contribution in [0.25, 0.3) is 22.0 Å². The Hall–Kier alpha value is -3.77. The molecule has 3 aromatic carbocycles. The number of phenols is 1. The van der Waals surface area contributed by atoms with Crippen LogP contribution in [0.1, 0.15) is 30.7 Å². The summed E-state index contributed by atoms with van der Waals surface area (Å²) in [6, 6.07) is 19.8. The zero-order valence-corrected chi connectivity index (χ0v) is 18.5. The van der Waals surface area contributed by atoms with Crippen LogP contribution in [0.15, 0.2) is 72.9 Å². The Kier molecular flexibility index (Phi) is 6.95. The molecule has 1 amide bonds. The van der Waals surface area contributed by atoms with Crippen molar-refractivity contribution in [2.45, 2.75) is 25.8 Å². The second kappa shape index (κ2) is 10.2. The van der Waals surface area contributed by atoms with Gasteiger partial charge in [-0.05, 0) is 59.9 Å². The monoisotopic (exact) mass is 446 g/mol. The van der Waals surface area contributed by atoms with Crippen molar-refractivity contribution in [1.82, 2.24) is 10.3 Å². The molecule has 4 rings (SSSR count). The molecule has 4 aromatic rings. The summed E-state index contributed by atoms with van der Waals surface area (Å²) in [7, 11) is 0. The van der Waals surface area contributed by atoms with E-state index < -0.39 is 6.04 Å². The predicted molar refractivity (Wildman–Crippen MR) is 132 cm³/mol. The molecule has 1 aromatic heterocycles. The molecule has 0 radical (unpaired) electrons. The van der Waals surface area contributed by atoms with Gasteiger partial charge in [0.2, 0.25) is 0 Å². The van der Waals surface area contributed by atoms with Crippen LogP contribution in [0.5, 0.6) is 11.5 Å².